The average Bonchev–Trinajstić information content (AvgIpc) is 1.55. The molecule has 1 fully saturated rings. The molecular formula is C7H11ClO2. The molecule has 0 saturated heterocycles. The van der Waals surface area contributed by atoms with Crippen molar-refractivity contribution in [2.75, 3.05) is 0 Å². The van der Waals surface area contributed by atoms with Crippen molar-refractivity contribution in [3.05, 3.63) is 0 Å². The van der Waals surface area contributed by atoms with Crippen LogP contribution >= 0.6 is 11.6 Å². The summed E-state index contributed by atoms with van der Waals surface area (Å²) in [4.78, 5) is 10.2. The van der Waals surface area contributed by atoms with E-state index in [0.29, 0.717) is 5.92 Å². The van der Waals surface area contributed by atoms with Crippen molar-refractivity contribution in [1.29, 1.82) is 0 Å². The number of halogens is 1. The fraction of sp³-hybridized carbons (Fsp3) is 0.857. The van der Waals surface area contributed by atoms with Crippen molar-refractivity contribution < 1.29 is 9.53 Å². The highest BCUT2D eigenvalue weighted by molar-refractivity contribution is 6.61. The highest BCUT2D eigenvalue weighted by atomic mass is 35.5. The van der Waals surface area contributed by atoms with Crippen LogP contribution in [0.1, 0.15) is 26.2 Å². The second kappa shape index (κ2) is 3.24. The van der Waals surface area contributed by atoms with Crippen LogP contribution in [0.3, 0.4) is 0 Å². The van der Waals surface area contributed by atoms with Gasteiger partial charge in [0.25, 0.3) is 0 Å². The van der Waals surface area contributed by atoms with Crippen LogP contribution < -0.4 is 0 Å². The first-order valence-corrected chi connectivity index (χ1v) is 3.94. The lowest BCUT2D eigenvalue weighted by Crippen LogP contribution is -2.27. The molecule has 0 aromatic rings. The third-order valence-electron chi connectivity index (χ3n) is 2.09. The number of carbonyl (C=O) groups excluding carboxylic acids is 1. The molecule has 1 rings (SSSR count). The number of ether oxygens (including phenoxy) is 1. The van der Waals surface area contributed by atoms with Crippen LogP contribution in [0.25, 0.3) is 0 Å². The molecule has 1 aliphatic rings. The topological polar surface area (TPSA) is 26.3 Å². The minimum absolute atomic E-state index is 0.0127. The van der Waals surface area contributed by atoms with Crippen LogP contribution in [0.5, 0.6) is 0 Å². The Morgan fingerprint density at radius 1 is 1.70 bits per heavy atom. The molecule has 0 bridgehead atoms. The van der Waals surface area contributed by atoms with E-state index >= 15 is 0 Å². The standard InChI is InChI=1S/C7H11ClO2/c1-5(10-7(8)9)6-3-2-4-6/h5-6H,2-4H2,1H3. The first-order chi connectivity index (χ1) is 4.70. The second-order valence-electron chi connectivity index (χ2n) is 2.75. The summed E-state index contributed by atoms with van der Waals surface area (Å²) in [5, 5.41) is 0. The van der Waals surface area contributed by atoms with Crippen molar-refractivity contribution in [3.8, 4) is 0 Å². The Bertz CT molecular complexity index is 132. The molecule has 0 aromatic heterocycles. The van der Waals surface area contributed by atoms with Crippen LogP contribution in [0, 0.1) is 5.92 Å². The highest BCUT2D eigenvalue weighted by Crippen LogP contribution is 2.31. The molecule has 3 heteroatoms. The first-order valence-electron chi connectivity index (χ1n) is 3.56. The predicted molar refractivity (Wildman–Crippen MR) is 39.1 cm³/mol. The molecule has 0 aliphatic heterocycles. The molecule has 0 aromatic carbocycles. The summed E-state index contributed by atoms with van der Waals surface area (Å²) in [5.41, 5.74) is -0.681. The van der Waals surface area contributed by atoms with Crippen molar-refractivity contribution in [2.24, 2.45) is 5.92 Å². The Morgan fingerprint density at radius 3 is 2.60 bits per heavy atom. The summed E-state index contributed by atoms with van der Waals surface area (Å²) < 4.78 is 4.78. The number of rotatable bonds is 2. The van der Waals surface area contributed by atoms with Crippen LogP contribution in [-0.2, 0) is 4.74 Å². The summed E-state index contributed by atoms with van der Waals surface area (Å²) in [6.45, 7) is 1.89. The summed E-state index contributed by atoms with van der Waals surface area (Å²) >= 11 is 5.04. The zero-order chi connectivity index (χ0) is 7.56. The van der Waals surface area contributed by atoms with Gasteiger partial charge in [0.15, 0.2) is 0 Å². The van der Waals surface area contributed by atoms with Gasteiger partial charge in [-0.1, -0.05) is 6.42 Å². The Labute approximate surface area is 65.5 Å². The zero-order valence-corrected chi connectivity index (χ0v) is 6.73. The molecule has 0 radical (unpaired) electrons. The first kappa shape index (κ1) is 7.86. The van der Waals surface area contributed by atoms with Gasteiger partial charge < -0.3 is 4.74 Å². The lowest BCUT2D eigenvalue weighted by molar-refractivity contribution is 0.0599. The van der Waals surface area contributed by atoms with E-state index in [1.54, 1.807) is 0 Å². The van der Waals surface area contributed by atoms with E-state index in [0.717, 1.165) is 0 Å². The van der Waals surface area contributed by atoms with Gasteiger partial charge in [0.1, 0.15) is 6.10 Å². The van der Waals surface area contributed by atoms with Gasteiger partial charge >= 0.3 is 5.43 Å². The third kappa shape index (κ3) is 1.87. The van der Waals surface area contributed by atoms with E-state index in [2.05, 4.69) is 0 Å². The van der Waals surface area contributed by atoms with Gasteiger partial charge in [-0.25, -0.2) is 4.79 Å². The van der Waals surface area contributed by atoms with E-state index < -0.39 is 5.43 Å². The Balaban J connectivity index is 2.19. The van der Waals surface area contributed by atoms with Crippen LogP contribution in [-0.4, -0.2) is 11.5 Å². The molecule has 1 saturated carbocycles. The van der Waals surface area contributed by atoms with Gasteiger partial charge in [-0.05, 0) is 25.7 Å². The summed E-state index contributed by atoms with van der Waals surface area (Å²) in [6.07, 6.45) is 3.62. The number of hydrogen-bond acceptors (Lipinski definition) is 2. The van der Waals surface area contributed by atoms with Crippen molar-refractivity contribution in [3.63, 3.8) is 0 Å². The second-order valence-corrected chi connectivity index (χ2v) is 3.06. The molecule has 1 atom stereocenters. The monoisotopic (exact) mass is 162 g/mol. The van der Waals surface area contributed by atoms with Crippen molar-refractivity contribution in [2.45, 2.75) is 32.3 Å². The van der Waals surface area contributed by atoms with Gasteiger partial charge in [-0.15, -0.1) is 0 Å². The molecule has 0 N–H and O–H groups in total. The molecule has 0 amide bonds. The van der Waals surface area contributed by atoms with Gasteiger partial charge in [0.2, 0.25) is 0 Å². The third-order valence-corrected chi connectivity index (χ3v) is 2.18. The molecule has 1 unspecified atom stereocenters. The van der Waals surface area contributed by atoms with E-state index in [1.165, 1.54) is 19.3 Å². The summed E-state index contributed by atoms with van der Waals surface area (Å²) in [6, 6.07) is 0. The van der Waals surface area contributed by atoms with E-state index in [9.17, 15) is 4.79 Å². The molecule has 0 spiro atoms. The minimum Gasteiger partial charge on any atom is -0.450 e. The van der Waals surface area contributed by atoms with Crippen LogP contribution in [0.2, 0.25) is 0 Å². The smallest absolute Gasteiger partial charge is 0.404 e. The average molecular weight is 163 g/mol. The molecular weight excluding hydrogens is 152 g/mol. The largest absolute Gasteiger partial charge is 0.450 e. The summed E-state index contributed by atoms with van der Waals surface area (Å²) in [7, 11) is 0. The minimum atomic E-state index is -0.681. The number of carbonyl (C=O) groups is 1. The van der Waals surface area contributed by atoms with Gasteiger partial charge in [0, 0.05) is 11.6 Å². The lowest BCUT2D eigenvalue weighted by atomic mass is 9.82. The molecule has 0 heterocycles. The lowest BCUT2D eigenvalue weighted by Gasteiger charge is -2.30. The Hall–Kier alpha value is -0.240. The molecule has 2 nitrogen and oxygen atoms in total. The summed E-state index contributed by atoms with van der Waals surface area (Å²) in [5.74, 6) is 0.558. The Morgan fingerprint density at radius 2 is 2.30 bits per heavy atom. The van der Waals surface area contributed by atoms with E-state index in [1.807, 2.05) is 6.92 Å². The fourth-order valence-corrected chi connectivity index (χ4v) is 1.29. The maximum Gasteiger partial charge on any atom is 0.404 e. The zero-order valence-electron chi connectivity index (χ0n) is 5.97. The van der Waals surface area contributed by atoms with Crippen molar-refractivity contribution >= 4 is 17.0 Å². The Kier molecular flexibility index (Phi) is 2.55. The van der Waals surface area contributed by atoms with Crippen LogP contribution in [0.4, 0.5) is 4.79 Å². The van der Waals surface area contributed by atoms with E-state index in [-0.39, 0.29) is 6.10 Å². The SMILES string of the molecule is CC(OC(=O)Cl)C1CCC1. The molecule has 10 heavy (non-hydrogen) atoms. The quantitative estimate of drug-likeness (QED) is 0.584. The maximum atomic E-state index is 10.2. The van der Waals surface area contributed by atoms with Crippen molar-refractivity contribution in [1.82, 2.24) is 0 Å². The predicted octanol–water partition coefficient (Wildman–Crippen LogP) is 2.55. The maximum absolute atomic E-state index is 10.2. The van der Waals surface area contributed by atoms with Gasteiger partial charge in [-0.3, -0.25) is 0 Å². The number of hydrogen-bond donors (Lipinski definition) is 0. The normalized spacial score (nSPS) is 21.4. The molecule has 58 valence electrons. The highest BCUT2D eigenvalue weighted by Gasteiger charge is 2.25. The van der Waals surface area contributed by atoms with E-state index in [4.69, 9.17) is 16.3 Å². The van der Waals surface area contributed by atoms with Gasteiger partial charge in [0.05, 0.1) is 0 Å². The fourth-order valence-electron chi connectivity index (χ4n) is 1.15. The molecule has 1 aliphatic carbocycles. The van der Waals surface area contributed by atoms with Gasteiger partial charge in [-0.2, -0.15) is 0 Å². The van der Waals surface area contributed by atoms with Crippen LogP contribution in [0.15, 0.2) is 0 Å².